The minimum absolute atomic E-state index is 0.176. The Labute approximate surface area is 117 Å². The molecule has 0 aromatic heterocycles. The van der Waals surface area contributed by atoms with Crippen LogP contribution in [0.15, 0.2) is 18.2 Å². The fourth-order valence-electron chi connectivity index (χ4n) is 2.23. The average Bonchev–Trinajstić information content (AvgIpc) is 2.41. The van der Waals surface area contributed by atoms with Gasteiger partial charge in [0.25, 0.3) is 5.91 Å². The van der Waals surface area contributed by atoms with Crippen molar-refractivity contribution in [2.75, 3.05) is 33.2 Å². The Morgan fingerprint density at radius 1 is 1.05 bits per heavy atom. The maximum Gasteiger partial charge on any atom is 0.254 e. The molecule has 1 amide bonds. The quantitative estimate of drug-likeness (QED) is 0.777. The van der Waals surface area contributed by atoms with Gasteiger partial charge in [0.1, 0.15) is 0 Å². The molecule has 0 spiro atoms. The third kappa shape index (κ3) is 4.06. The highest BCUT2D eigenvalue weighted by atomic mass is 16.2. The van der Waals surface area contributed by atoms with Crippen molar-refractivity contribution < 1.29 is 4.79 Å². The van der Waals surface area contributed by atoms with E-state index >= 15 is 0 Å². The van der Waals surface area contributed by atoms with Gasteiger partial charge in [-0.15, -0.1) is 0 Å². The van der Waals surface area contributed by atoms with E-state index in [9.17, 15) is 4.79 Å². The number of aryl methyl sites for hydroxylation is 2. The SMILES string of the molecule is CC.Cc1ccc(C(=O)N2CCN(C)CC2)c(C)c1. The Kier molecular flexibility index (Phi) is 6.03. The number of carbonyl (C=O) groups excluding carboxylic acids is 1. The number of carbonyl (C=O) groups is 1. The van der Waals surface area contributed by atoms with E-state index in [1.807, 2.05) is 37.8 Å². The molecule has 0 bridgehead atoms. The first-order chi connectivity index (χ1) is 9.08. The summed E-state index contributed by atoms with van der Waals surface area (Å²) in [4.78, 5) is 16.6. The summed E-state index contributed by atoms with van der Waals surface area (Å²) in [5.74, 6) is 0.176. The predicted molar refractivity (Wildman–Crippen MR) is 80.7 cm³/mol. The predicted octanol–water partition coefficient (Wildman–Crippen LogP) is 2.72. The molecule has 0 atom stereocenters. The van der Waals surface area contributed by atoms with Crippen molar-refractivity contribution in [3.8, 4) is 0 Å². The van der Waals surface area contributed by atoms with E-state index in [2.05, 4.69) is 24.9 Å². The number of hydrogen-bond acceptors (Lipinski definition) is 2. The Hall–Kier alpha value is -1.35. The standard InChI is InChI=1S/C14H20N2O.C2H6/c1-11-4-5-13(12(2)10-11)14(17)16-8-6-15(3)7-9-16;1-2/h4-5,10H,6-9H2,1-3H3;1-2H3. The maximum absolute atomic E-state index is 12.3. The van der Waals surface area contributed by atoms with E-state index in [0.29, 0.717) is 0 Å². The third-order valence-electron chi connectivity index (χ3n) is 3.40. The van der Waals surface area contributed by atoms with E-state index in [1.165, 1.54) is 5.56 Å². The van der Waals surface area contributed by atoms with Gasteiger partial charge in [0.2, 0.25) is 0 Å². The van der Waals surface area contributed by atoms with Crippen LogP contribution in [0.1, 0.15) is 35.3 Å². The molecule has 19 heavy (non-hydrogen) atoms. The van der Waals surface area contributed by atoms with E-state index in [4.69, 9.17) is 0 Å². The van der Waals surface area contributed by atoms with Crippen LogP contribution in [0, 0.1) is 13.8 Å². The molecule has 106 valence electrons. The highest BCUT2D eigenvalue weighted by molar-refractivity contribution is 5.95. The molecule has 0 aliphatic carbocycles. The summed E-state index contributed by atoms with van der Waals surface area (Å²) in [7, 11) is 2.10. The van der Waals surface area contributed by atoms with Crippen molar-refractivity contribution in [3.63, 3.8) is 0 Å². The van der Waals surface area contributed by atoms with E-state index in [-0.39, 0.29) is 5.91 Å². The summed E-state index contributed by atoms with van der Waals surface area (Å²) in [6.07, 6.45) is 0. The van der Waals surface area contributed by atoms with Crippen LogP contribution in [0.2, 0.25) is 0 Å². The van der Waals surface area contributed by atoms with Crippen molar-refractivity contribution >= 4 is 5.91 Å². The van der Waals surface area contributed by atoms with Crippen LogP contribution < -0.4 is 0 Å². The zero-order valence-corrected chi connectivity index (χ0v) is 12.9. The summed E-state index contributed by atoms with van der Waals surface area (Å²) >= 11 is 0. The summed E-state index contributed by atoms with van der Waals surface area (Å²) in [5, 5.41) is 0. The third-order valence-corrected chi connectivity index (χ3v) is 3.40. The van der Waals surface area contributed by atoms with Crippen LogP contribution in [-0.4, -0.2) is 48.9 Å². The minimum atomic E-state index is 0.176. The molecule has 1 aromatic rings. The van der Waals surface area contributed by atoms with Gasteiger partial charge in [0.05, 0.1) is 0 Å². The smallest absolute Gasteiger partial charge is 0.254 e. The van der Waals surface area contributed by atoms with Crippen molar-refractivity contribution in [3.05, 3.63) is 34.9 Å². The molecule has 1 heterocycles. The second-order valence-corrected chi connectivity index (χ2v) is 4.91. The van der Waals surface area contributed by atoms with Crippen molar-refractivity contribution in [1.29, 1.82) is 0 Å². The monoisotopic (exact) mass is 262 g/mol. The molecule has 1 saturated heterocycles. The Balaban J connectivity index is 0.000000861. The molecule has 1 aliphatic heterocycles. The highest BCUT2D eigenvalue weighted by Gasteiger charge is 2.21. The Morgan fingerprint density at radius 2 is 1.63 bits per heavy atom. The molecule has 1 fully saturated rings. The summed E-state index contributed by atoms with van der Waals surface area (Å²) in [6, 6.07) is 6.03. The van der Waals surface area contributed by atoms with Gasteiger partial charge >= 0.3 is 0 Å². The number of hydrogen-bond donors (Lipinski definition) is 0. The fraction of sp³-hybridized carbons (Fsp3) is 0.562. The Bertz CT molecular complexity index is 421. The van der Waals surface area contributed by atoms with Gasteiger partial charge in [0, 0.05) is 31.7 Å². The minimum Gasteiger partial charge on any atom is -0.336 e. The largest absolute Gasteiger partial charge is 0.336 e. The first kappa shape index (κ1) is 15.7. The van der Waals surface area contributed by atoms with Gasteiger partial charge in [-0.05, 0) is 32.5 Å². The van der Waals surface area contributed by atoms with Crippen LogP contribution in [0.4, 0.5) is 0 Å². The van der Waals surface area contributed by atoms with E-state index in [1.54, 1.807) is 0 Å². The lowest BCUT2D eigenvalue weighted by molar-refractivity contribution is 0.0663. The molecule has 1 aliphatic rings. The lowest BCUT2D eigenvalue weighted by Gasteiger charge is -2.32. The van der Waals surface area contributed by atoms with Gasteiger partial charge in [0.15, 0.2) is 0 Å². The number of nitrogens with zero attached hydrogens (tertiary/aromatic N) is 2. The zero-order valence-electron chi connectivity index (χ0n) is 12.9. The number of likely N-dealkylation sites (N-methyl/N-ethyl adjacent to an activating group) is 1. The van der Waals surface area contributed by atoms with Crippen molar-refractivity contribution in [1.82, 2.24) is 9.80 Å². The topological polar surface area (TPSA) is 23.6 Å². The van der Waals surface area contributed by atoms with Gasteiger partial charge in [-0.25, -0.2) is 0 Å². The van der Waals surface area contributed by atoms with Crippen LogP contribution in [-0.2, 0) is 0 Å². The molecule has 0 saturated carbocycles. The molecule has 3 heteroatoms. The molecule has 1 aromatic carbocycles. The molecular formula is C16H26N2O. The maximum atomic E-state index is 12.3. The van der Waals surface area contributed by atoms with Crippen LogP contribution in [0.25, 0.3) is 0 Å². The van der Waals surface area contributed by atoms with Crippen molar-refractivity contribution in [2.45, 2.75) is 27.7 Å². The van der Waals surface area contributed by atoms with Gasteiger partial charge < -0.3 is 9.80 Å². The average molecular weight is 262 g/mol. The fourth-order valence-corrected chi connectivity index (χ4v) is 2.23. The van der Waals surface area contributed by atoms with Crippen LogP contribution >= 0.6 is 0 Å². The summed E-state index contributed by atoms with van der Waals surface area (Å²) in [6.45, 7) is 11.7. The first-order valence-corrected chi connectivity index (χ1v) is 7.13. The summed E-state index contributed by atoms with van der Waals surface area (Å²) < 4.78 is 0. The van der Waals surface area contributed by atoms with E-state index in [0.717, 1.165) is 37.3 Å². The second-order valence-electron chi connectivity index (χ2n) is 4.91. The van der Waals surface area contributed by atoms with Gasteiger partial charge in [-0.3, -0.25) is 4.79 Å². The number of amides is 1. The Morgan fingerprint density at radius 3 is 2.16 bits per heavy atom. The lowest BCUT2D eigenvalue weighted by Crippen LogP contribution is -2.47. The number of benzene rings is 1. The number of rotatable bonds is 1. The highest BCUT2D eigenvalue weighted by Crippen LogP contribution is 2.14. The molecule has 0 radical (unpaired) electrons. The lowest BCUT2D eigenvalue weighted by atomic mass is 10.0. The number of piperazine rings is 1. The second kappa shape index (κ2) is 7.29. The van der Waals surface area contributed by atoms with E-state index < -0.39 is 0 Å². The molecule has 2 rings (SSSR count). The molecule has 0 unspecified atom stereocenters. The van der Waals surface area contributed by atoms with Crippen LogP contribution in [0.5, 0.6) is 0 Å². The van der Waals surface area contributed by atoms with Gasteiger partial charge in [-0.1, -0.05) is 31.5 Å². The molecule has 3 nitrogen and oxygen atoms in total. The summed E-state index contributed by atoms with van der Waals surface area (Å²) in [5.41, 5.74) is 3.13. The molecular weight excluding hydrogens is 236 g/mol. The van der Waals surface area contributed by atoms with Crippen molar-refractivity contribution in [2.24, 2.45) is 0 Å². The zero-order chi connectivity index (χ0) is 14.4. The normalized spacial score (nSPS) is 15.7. The molecule has 0 N–H and O–H groups in total. The van der Waals surface area contributed by atoms with Gasteiger partial charge in [-0.2, -0.15) is 0 Å². The van der Waals surface area contributed by atoms with Crippen LogP contribution in [0.3, 0.4) is 0 Å². The first-order valence-electron chi connectivity index (χ1n) is 7.13.